The van der Waals surface area contributed by atoms with Crippen LogP contribution in [-0.2, 0) is 0 Å². The molecule has 0 bridgehead atoms. The van der Waals surface area contributed by atoms with E-state index in [1.165, 1.54) is 0 Å². The van der Waals surface area contributed by atoms with Crippen molar-refractivity contribution in [2.75, 3.05) is 6.54 Å². The summed E-state index contributed by atoms with van der Waals surface area (Å²) < 4.78 is 34.2. The van der Waals surface area contributed by atoms with Gasteiger partial charge in [-0.25, -0.2) is 0 Å². The van der Waals surface area contributed by atoms with E-state index < -0.39 is 13.3 Å². The SMILES string of the molecule is [K+].[N-]=[N+]=NCCC[B-](F)(F)F. The van der Waals surface area contributed by atoms with Gasteiger partial charge in [0.05, 0.1) is 0 Å². The van der Waals surface area contributed by atoms with Crippen molar-refractivity contribution >= 4 is 6.98 Å². The molecule has 0 fully saturated rings. The van der Waals surface area contributed by atoms with Crippen molar-refractivity contribution in [3.05, 3.63) is 10.4 Å². The first-order valence-corrected chi connectivity index (χ1v) is 2.78. The number of halogens is 3. The molecule has 0 saturated heterocycles. The minimum absolute atomic E-state index is 0. The van der Waals surface area contributed by atoms with Crippen molar-refractivity contribution in [3.8, 4) is 0 Å². The molecule has 0 rings (SSSR count). The summed E-state index contributed by atoms with van der Waals surface area (Å²) in [5.41, 5.74) is 7.68. The molecular formula is C3H6BF3KN3. The van der Waals surface area contributed by atoms with Gasteiger partial charge in [-0.05, 0) is 5.53 Å². The molecule has 3 nitrogen and oxygen atoms in total. The van der Waals surface area contributed by atoms with Crippen molar-refractivity contribution < 1.29 is 64.3 Å². The standard InChI is InChI=1S/C3H6BF3N3.K/c5-4(6,7)2-1-3-9-10-8;/h1-3H2;/q-1;+1. The summed E-state index contributed by atoms with van der Waals surface area (Å²) >= 11 is 0. The Labute approximate surface area is 105 Å². The maximum Gasteiger partial charge on any atom is 1.00 e. The van der Waals surface area contributed by atoms with Crippen molar-refractivity contribution in [3.63, 3.8) is 0 Å². The van der Waals surface area contributed by atoms with Gasteiger partial charge in [0.25, 0.3) is 0 Å². The largest absolute Gasteiger partial charge is 1.00 e. The van der Waals surface area contributed by atoms with Crippen LogP contribution in [0.2, 0.25) is 6.32 Å². The predicted molar refractivity (Wildman–Crippen MR) is 32.5 cm³/mol. The van der Waals surface area contributed by atoms with Gasteiger partial charge in [-0.15, -0.1) is 0 Å². The maximum absolute atomic E-state index is 11.4. The Morgan fingerprint density at radius 1 is 1.36 bits per heavy atom. The molecule has 0 spiro atoms. The topological polar surface area (TPSA) is 48.8 Å². The Bertz CT molecular complexity index is 143. The maximum atomic E-state index is 11.4. The fourth-order valence-corrected chi connectivity index (χ4v) is 0.438. The van der Waals surface area contributed by atoms with Gasteiger partial charge < -0.3 is 12.9 Å². The summed E-state index contributed by atoms with van der Waals surface area (Å²) in [4.78, 5) is 2.32. The zero-order valence-corrected chi connectivity index (χ0v) is 9.30. The van der Waals surface area contributed by atoms with Crippen LogP contribution in [0.1, 0.15) is 6.42 Å². The zero-order chi connectivity index (χ0) is 8.04. The van der Waals surface area contributed by atoms with E-state index in [2.05, 4.69) is 10.0 Å². The van der Waals surface area contributed by atoms with Gasteiger partial charge in [-0.3, -0.25) is 0 Å². The molecule has 0 radical (unpaired) electrons. The molecule has 0 atom stereocenters. The van der Waals surface area contributed by atoms with E-state index >= 15 is 0 Å². The summed E-state index contributed by atoms with van der Waals surface area (Å²) in [6, 6.07) is 0. The molecule has 0 aliphatic carbocycles. The number of hydrogen-bond donors (Lipinski definition) is 0. The van der Waals surface area contributed by atoms with E-state index in [1.54, 1.807) is 0 Å². The first-order chi connectivity index (χ1) is 4.56. The molecule has 8 heteroatoms. The second-order valence-electron chi connectivity index (χ2n) is 1.81. The molecule has 0 heterocycles. The molecular weight excluding hydrogens is 185 g/mol. The van der Waals surface area contributed by atoms with Crippen molar-refractivity contribution in [1.82, 2.24) is 0 Å². The second kappa shape index (κ2) is 7.45. The van der Waals surface area contributed by atoms with E-state index in [1.807, 2.05) is 0 Å². The monoisotopic (exact) mass is 191 g/mol. The van der Waals surface area contributed by atoms with E-state index in [0.29, 0.717) is 0 Å². The first-order valence-electron chi connectivity index (χ1n) is 2.78. The molecule has 0 unspecified atom stereocenters. The quantitative estimate of drug-likeness (QED) is 0.190. The van der Waals surface area contributed by atoms with Crippen molar-refractivity contribution in [2.24, 2.45) is 5.11 Å². The van der Waals surface area contributed by atoms with Crippen LogP contribution in [0.3, 0.4) is 0 Å². The third-order valence-corrected chi connectivity index (χ3v) is 0.853. The smallest absolute Gasteiger partial charge is 0.449 e. The second-order valence-corrected chi connectivity index (χ2v) is 1.81. The van der Waals surface area contributed by atoms with Gasteiger partial charge in [0.1, 0.15) is 0 Å². The van der Waals surface area contributed by atoms with Crippen LogP contribution in [0.15, 0.2) is 5.11 Å². The molecule has 0 aliphatic heterocycles. The number of nitrogens with zero attached hydrogens (tertiary/aromatic N) is 3. The van der Waals surface area contributed by atoms with Crippen LogP contribution in [0.5, 0.6) is 0 Å². The molecule has 58 valence electrons. The Morgan fingerprint density at radius 2 is 1.91 bits per heavy atom. The zero-order valence-electron chi connectivity index (χ0n) is 6.17. The van der Waals surface area contributed by atoms with Gasteiger partial charge >= 0.3 is 58.4 Å². The Morgan fingerprint density at radius 3 is 2.27 bits per heavy atom. The number of rotatable bonds is 4. The van der Waals surface area contributed by atoms with Crippen LogP contribution in [0, 0.1) is 0 Å². The summed E-state index contributed by atoms with van der Waals surface area (Å²) in [5.74, 6) is 0. The van der Waals surface area contributed by atoms with Gasteiger partial charge in [-0.2, -0.15) is 0 Å². The van der Waals surface area contributed by atoms with Crippen molar-refractivity contribution in [2.45, 2.75) is 12.7 Å². The van der Waals surface area contributed by atoms with Crippen LogP contribution >= 0.6 is 0 Å². The fourth-order valence-electron chi connectivity index (χ4n) is 0.438. The van der Waals surface area contributed by atoms with E-state index in [4.69, 9.17) is 5.53 Å². The van der Waals surface area contributed by atoms with E-state index in [-0.39, 0.29) is 64.4 Å². The molecule has 0 aromatic carbocycles. The molecule has 0 saturated carbocycles. The molecule has 11 heavy (non-hydrogen) atoms. The molecule has 0 aromatic rings. The van der Waals surface area contributed by atoms with Crippen LogP contribution in [0.4, 0.5) is 12.9 Å². The number of hydrogen-bond acceptors (Lipinski definition) is 1. The Hall–Kier alpha value is 0.801. The minimum atomic E-state index is -4.70. The first kappa shape index (κ1) is 14.3. The number of azide groups is 1. The van der Waals surface area contributed by atoms with Gasteiger partial charge in [0, 0.05) is 11.5 Å². The average molecular weight is 191 g/mol. The molecule has 0 aliphatic rings. The van der Waals surface area contributed by atoms with E-state index in [0.717, 1.165) is 0 Å². The molecule has 0 N–H and O–H groups in total. The van der Waals surface area contributed by atoms with Crippen LogP contribution in [0.25, 0.3) is 10.4 Å². The third kappa shape index (κ3) is 13.7. The minimum Gasteiger partial charge on any atom is -0.449 e. The average Bonchev–Trinajstić information content (AvgIpc) is 1.78. The Kier molecular flexibility index (Phi) is 9.71. The predicted octanol–water partition coefficient (Wildman–Crippen LogP) is -0.462. The van der Waals surface area contributed by atoms with Gasteiger partial charge in [0.15, 0.2) is 0 Å². The van der Waals surface area contributed by atoms with Crippen LogP contribution < -0.4 is 51.4 Å². The van der Waals surface area contributed by atoms with Crippen molar-refractivity contribution in [1.29, 1.82) is 0 Å². The summed E-state index contributed by atoms with van der Waals surface area (Å²) in [6.45, 7) is -4.77. The fraction of sp³-hybridized carbons (Fsp3) is 1.00. The normalized spacial score (nSPS) is 9.73. The van der Waals surface area contributed by atoms with Gasteiger partial charge in [-0.1, -0.05) is 17.9 Å². The van der Waals surface area contributed by atoms with Gasteiger partial charge in [0.2, 0.25) is 0 Å². The molecule has 0 aromatic heterocycles. The summed E-state index contributed by atoms with van der Waals surface area (Å²) in [5, 5.41) is 2.97. The summed E-state index contributed by atoms with van der Waals surface area (Å²) in [7, 11) is 0. The molecule has 0 amide bonds. The van der Waals surface area contributed by atoms with E-state index in [9.17, 15) is 12.9 Å². The third-order valence-electron chi connectivity index (χ3n) is 0.853. The summed E-state index contributed by atoms with van der Waals surface area (Å²) in [6.07, 6.45) is -0.924. The Balaban J connectivity index is 0. The van der Waals surface area contributed by atoms with Crippen LogP contribution in [-0.4, -0.2) is 13.5 Å².